The van der Waals surface area contributed by atoms with Crippen molar-refractivity contribution < 1.29 is 9.53 Å². The summed E-state index contributed by atoms with van der Waals surface area (Å²) in [4.78, 5) is 12.3. The van der Waals surface area contributed by atoms with Gasteiger partial charge in [-0.15, -0.1) is 0 Å². The second kappa shape index (κ2) is 6.84. The third kappa shape index (κ3) is 4.01. The summed E-state index contributed by atoms with van der Waals surface area (Å²) in [5.74, 6) is 0.451. The fraction of sp³-hybridized carbons (Fsp3) is 0.278. The van der Waals surface area contributed by atoms with Crippen molar-refractivity contribution in [3.63, 3.8) is 0 Å². The van der Waals surface area contributed by atoms with E-state index in [1.807, 2.05) is 45.0 Å². The van der Waals surface area contributed by atoms with Crippen molar-refractivity contribution in [2.75, 3.05) is 5.32 Å². The summed E-state index contributed by atoms with van der Waals surface area (Å²) in [6.07, 6.45) is -0.597. The Bertz CT molecular complexity index is 697. The Morgan fingerprint density at radius 1 is 1.09 bits per heavy atom. The first-order valence-corrected chi connectivity index (χ1v) is 7.55. The lowest BCUT2D eigenvalue weighted by Crippen LogP contribution is -2.30. The lowest BCUT2D eigenvalue weighted by molar-refractivity contribution is -0.122. The third-order valence-corrected chi connectivity index (χ3v) is 3.89. The highest BCUT2D eigenvalue weighted by Gasteiger charge is 2.16. The Morgan fingerprint density at radius 3 is 2.50 bits per heavy atom. The van der Waals surface area contributed by atoms with Crippen LogP contribution in [0.1, 0.15) is 23.6 Å². The van der Waals surface area contributed by atoms with Crippen LogP contribution in [0.3, 0.4) is 0 Å². The number of carbonyl (C=O) groups excluding carboxylic acids is 1. The molecule has 2 aromatic rings. The van der Waals surface area contributed by atoms with Gasteiger partial charge in [-0.2, -0.15) is 0 Å². The van der Waals surface area contributed by atoms with Crippen LogP contribution in [-0.4, -0.2) is 12.0 Å². The van der Waals surface area contributed by atoms with Gasteiger partial charge >= 0.3 is 0 Å². The van der Waals surface area contributed by atoms with Crippen molar-refractivity contribution in [2.24, 2.45) is 0 Å². The second-order valence-corrected chi connectivity index (χ2v) is 5.89. The fourth-order valence-corrected chi connectivity index (χ4v) is 2.17. The number of nitrogens with one attached hydrogen (secondary N) is 1. The van der Waals surface area contributed by atoms with Gasteiger partial charge in [-0.3, -0.25) is 4.79 Å². The van der Waals surface area contributed by atoms with E-state index in [0.29, 0.717) is 10.8 Å². The number of ether oxygens (including phenoxy) is 1. The number of hydrogen-bond acceptors (Lipinski definition) is 2. The largest absolute Gasteiger partial charge is 0.481 e. The highest BCUT2D eigenvalue weighted by molar-refractivity contribution is 6.31. The van der Waals surface area contributed by atoms with Crippen LogP contribution in [0.5, 0.6) is 5.75 Å². The lowest BCUT2D eigenvalue weighted by atomic mass is 10.1. The molecule has 3 nitrogen and oxygen atoms in total. The van der Waals surface area contributed by atoms with Crippen LogP contribution in [0.2, 0.25) is 5.02 Å². The molecule has 0 aliphatic rings. The molecule has 0 spiro atoms. The average molecular weight is 318 g/mol. The predicted octanol–water partition coefficient (Wildman–Crippen LogP) is 4.67. The van der Waals surface area contributed by atoms with Crippen LogP contribution in [0.25, 0.3) is 0 Å². The minimum Gasteiger partial charge on any atom is -0.481 e. The van der Waals surface area contributed by atoms with Gasteiger partial charge in [0.05, 0.1) is 0 Å². The molecule has 0 aliphatic carbocycles. The number of halogens is 1. The molecule has 1 atom stereocenters. The topological polar surface area (TPSA) is 38.3 Å². The highest BCUT2D eigenvalue weighted by Crippen LogP contribution is 2.22. The molecule has 2 rings (SSSR count). The molecule has 1 amide bonds. The minimum atomic E-state index is -0.597. The van der Waals surface area contributed by atoms with Gasteiger partial charge in [-0.25, -0.2) is 0 Å². The van der Waals surface area contributed by atoms with E-state index in [1.165, 1.54) is 0 Å². The maximum Gasteiger partial charge on any atom is 0.265 e. The molecule has 1 N–H and O–H groups in total. The van der Waals surface area contributed by atoms with E-state index in [-0.39, 0.29) is 5.91 Å². The second-order valence-electron chi connectivity index (χ2n) is 5.48. The van der Waals surface area contributed by atoms with Crippen molar-refractivity contribution in [1.29, 1.82) is 0 Å². The summed E-state index contributed by atoms with van der Waals surface area (Å²) in [6, 6.07) is 11.3. The molecule has 2 aromatic carbocycles. The maximum atomic E-state index is 12.3. The first kappa shape index (κ1) is 16.4. The van der Waals surface area contributed by atoms with Crippen molar-refractivity contribution >= 4 is 23.2 Å². The summed E-state index contributed by atoms with van der Waals surface area (Å²) < 4.78 is 5.68. The van der Waals surface area contributed by atoms with Crippen LogP contribution in [0.4, 0.5) is 5.69 Å². The molecule has 0 unspecified atom stereocenters. The van der Waals surface area contributed by atoms with E-state index in [2.05, 4.69) is 5.32 Å². The Hall–Kier alpha value is -2.00. The van der Waals surface area contributed by atoms with Gasteiger partial charge in [0.2, 0.25) is 0 Å². The highest BCUT2D eigenvalue weighted by atomic mass is 35.5. The van der Waals surface area contributed by atoms with Crippen molar-refractivity contribution in [1.82, 2.24) is 0 Å². The van der Waals surface area contributed by atoms with E-state index in [1.54, 1.807) is 19.1 Å². The summed E-state index contributed by atoms with van der Waals surface area (Å²) in [5.41, 5.74) is 3.85. The zero-order chi connectivity index (χ0) is 16.3. The van der Waals surface area contributed by atoms with Gasteiger partial charge in [0.1, 0.15) is 5.75 Å². The van der Waals surface area contributed by atoms with Crippen LogP contribution < -0.4 is 10.1 Å². The third-order valence-electron chi connectivity index (χ3n) is 3.46. The number of anilines is 1. The number of carbonyl (C=O) groups is 1. The number of aryl methyl sites for hydroxylation is 3. The summed E-state index contributed by atoms with van der Waals surface area (Å²) in [6.45, 7) is 7.58. The summed E-state index contributed by atoms with van der Waals surface area (Å²) >= 11 is 5.98. The van der Waals surface area contributed by atoms with Gasteiger partial charge in [0, 0.05) is 10.7 Å². The van der Waals surface area contributed by atoms with Crippen LogP contribution in [0, 0.1) is 20.8 Å². The van der Waals surface area contributed by atoms with Crippen molar-refractivity contribution in [2.45, 2.75) is 33.8 Å². The summed E-state index contributed by atoms with van der Waals surface area (Å²) in [7, 11) is 0. The van der Waals surface area contributed by atoms with Gasteiger partial charge in [0.25, 0.3) is 5.91 Å². The number of rotatable bonds is 4. The zero-order valence-electron chi connectivity index (χ0n) is 13.2. The molecule has 22 heavy (non-hydrogen) atoms. The molecular weight excluding hydrogens is 298 g/mol. The van der Waals surface area contributed by atoms with Crippen LogP contribution >= 0.6 is 11.6 Å². The van der Waals surface area contributed by atoms with E-state index in [0.717, 1.165) is 22.4 Å². The van der Waals surface area contributed by atoms with Gasteiger partial charge in [-0.1, -0.05) is 23.7 Å². The van der Waals surface area contributed by atoms with Crippen LogP contribution in [0.15, 0.2) is 36.4 Å². The summed E-state index contributed by atoms with van der Waals surface area (Å²) in [5, 5.41) is 3.59. The number of benzene rings is 2. The van der Waals surface area contributed by atoms with E-state index in [9.17, 15) is 4.79 Å². The van der Waals surface area contributed by atoms with Gasteiger partial charge in [0.15, 0.2) is 6.10 Å². The maximum absolute atomic E-state index is 12.3. The molecule has 0 fully saturated rings. The van der Waals surface area contributed by atoms with Gasteiger partial charge < -0.3 is 10.1 Å². The van der Waals surface area contributed by atoms with Gasteiger partial charge in [-0.05, 0) is 68.7 Å². The number of hydrogen-bond donors (Lipinski definition) is 1. The van der Waals surface area contributed by atoms with E-state index < -0.39 is 6.10 Å². The quantitative estimate of drug-likeness (QED) is 0.889. The molecule has 0 bridgehead atoms. The molecule has 116 valence electrons. The molecule has 0 saturated carbocycles. The molecule has 0 heterocycles. The Balaban J connectivity index is 2.05. The molecular formula is C18H20ClNO2. The standard InChI is InChI=1S/C18H20ClNO2/c1-11-5-6-12(2)17(9-11)20-18(21)14(4)22-15-7-8-16(19)13(3)10-15/h5-10,14H,1-4H3,(H,20,21)/t14-/m1/s1. The van der Waals surface area contributed by atoms with E-state index >= 15 is 0 Å². The minimum absolute atomic E-state index is 0.179. The Morgan fingerprint density at radius 2 is 1.82 bits per heavy atom. The molecule has 0 saturated heterocycles. The zero-order valence-corrected chi connectivity index (χ0v) is 14.0. The first-order chi connectivity index (χ1) is 10.4. The van der Waals surface area contributed by atoms with Crippen molar-refractivity contribution in [3.8, 4) is 5.75 Å². The van der Waals surface area contributed by atoms with E-state index in [4.69, 9.17) is 16.3 Å². The normalized spacial score (nSPS) is 11.9. The molecule has 0 aromatic heterocycles. The Kier molecular flexibility index (Phi) is 5.09. The fourth-order valence-electron chi connectivity index (χ4n) is 2.05. The monoisotopic (exact) mass is 317 g/mol. The Labute approximate surface area is 136 Å². The predicted molar refractivity (Wildman–Crippen MR) is 90.8 cm³/mol. The molecule has 4 heteroatoms. The first-order valence-electron chi connectivity index (χ1n) is 7.18. The number of amides is 1. The van der Waals surface area contributed by atoms with Crippen molar-refractivity contribution in [3.05, 3.63) is 58.1 Å². The molecule has 0 aliphatic heterocycles. The average Bonchev–Trinajstić information content (AvgIpc) is 2.46. The molecule has 0 radical (unpaired) electrons. The van der Waals surface area contributed by atoms with Crippen LogP contribution in [-0.2, 0) is 4.79 Å². The SMILES string of the molecule is Cc1ccc(C)c(NC(=O)[C@@H](C)Oc2ccc(Cl)c(C)c2)c1. The lowest BCUT2D eigenvalue weighted by Gasteiger charge is -2.16. The smallest absolute Gasteiger partial charge is 0.265 e.